The van der Waals surface area contributed by atoms with Crippen molar-refractivity contribution in [3.8, 4) is 0 Å². The number of nitrogens with one attached hydrogen (secondary N) is 1. The molecule has 0 aliphatic heterocycles. The second-order valence-electron chi connectivity index (χ2n) is 18.3. The van der Waals surface area contributed by atoms with Gasteiger partial charge in [0, 0.05) is 6.42 Å². The van der Waals surface area contributed by atoms with E-state index in [2.05, 4.69) is 74.7 Å². The maximum Gasteiger partial charge on any atom is 0.306 e. The summed E-state index contributed by atoms with van der Waals surface area (Å²) in [6.45, 7) is 6.46. The van der Waals surface area contributed by atoms with Crippen LogP contribution in [0.1, 0.15) is 271 Å². The van der Waals surface area contributed by atoms with Gasteiger partial charge in [0.25, 0.3) is 0 Å². The van der Waals surface area contributed by atoms with Crippen LogP contribution in [0.25, 0.3) is 0 Å². The van der Waals surface area contributed by atoms with Gasteiger partial charge in [0.1, 0.15) is 6.10 Å². The highest BCUT2D eigenvalue weighted by molar-refractivity contribution is 5.77. The maximum atomic E-state index is 13.2. The van der Waals surface area contributed by atoms with Gasteiger partial charge in [-0.15, -0.1) is 0 Å². The number of hydrogen-bond donors (Lipinski definition) is 3. The van der Waals surface area contributed by atoms with Gasteiger partial charge in [0.15, 0.2) is 0 Å². The van der Waals surface area contributed by atoms with Crippen LogP contribution in [0, 0.1) is 0 Å². The number of ether oxygens (including phenoxy) is 1. The predicted octanol–water partition coefficient (Wildman–Crippen LogP) is 16.2. The third-order valence-corrected chi connectivity index (χ3v) is 12.2. The van der Waals surface area contributed by atoms with Crippen molar-refractivity contribution in [1.82, 2.24) is 5.32 Å². The third kappa shape index (κ3) is 44.4. The zero-order chi connectivity index (χ0) is 45.2. The molecule has 0 aromatic heterocycles. The molecule has 0 radical (unpaired) electrons. The summed E-state index contributed by atoms with van der Waals surface area (Å²) in [6, 6.07) is -0.710. The summed E-state index contributed by atoms with van der Waals surface area (Å²) in [5.74, 6) is -0.531. The molecule has 3 atom stereocenters. The molecule has 3 unspecified atom stereocenters. The van der Waals surface area contributed by atoms with Crippen molar-refractivity contribution >= 4 is 11.9 Å². The number of esters is 1. The van der Waals surface area contributed by atoms with Crippen LogP contribution in [-0.2, 0) is 14.3 Å². The summed E-state index contributed by atoms with van der Waals surface area (Å²) in [4.78, 5) is 26.2. The number of hydrogen-bond acceptors (Lipinski definition) is 5. The molecule has 0 rings (SSSR count). The van der Waals surface area contributed by atoms with E-state index in [1.165, 1.54) is 154 Å². The average molecular weight is 870 g/mol. The number of aliphatic hydroxyl groups is 2. The van der Waals surface area contributed by atoms with E-state index in [1.807, 2.05) is 0 Å². The molecule has 0 fully saturated rings. The number of allylic oxidation sites excluding steroid dienone is 8. The standard InChI is InChI=1S/C56H103NO5/c1-4-7-10-13-16-19-22-25-26-27-28-31-34-37-40-43-46-49-56(61)62-52(47-44-41-38-35-32-29-23-20-17-14-11-8-5-2)50-55(60)57-53(51-58)54(59)48-45-42-39-36-33-30-24-21-18-15-12-9-6-3/h16,19,25-26,28,31,37,40,52-54,58-59H,4-15,17-18,20-24,27,29-30,32-36,38-39,41-51H2,1-3H3,(H,57,60)/b19-16-,26-25-,31-28-,40-37-. The molecule has 0 saturated carbocycles. The Morgan fingerprint density at radius 3 is 1.24 bits per heavy atom. The van der Waals surface area contributed by atoms with Gasteiger partial charge in [-0.3, -0.25) is 9.59 Å². The summed E-state index contributed by atoms with van der Waals surface area (Å²) >= 11 is 0. The first-order valence-corrected chi connectivity index (χ1v) is 26.9. The number of aliphatic hydroxyl groups excluding tert-OH is 2. The lowest BCUT2D eigenvalue weighted by molar-refractivity contribution is -0.151. The molecular weight excluding hydrogens is 767 g/mol. The summed E-state index contributed by atoms with van der Waals surface area (Å²) in [7, 11) is 0. The van der Waals surface area contributed by atoms with E-state index in [1.54, 1.807) is 0 Å². The highest BCUT2D eigenvalue weighted by Gasteiger charge is 2.24. The van der Waals surface area contributed by atoms with Crippen LogP contribution in [0.15, 0.2) is 48.6 Å². The Balaban J connectivity index is 4.63. The van der Waals surface area contributed by atoms with Gasteiger partial charge in [0.2, 0.25) is 5.91 Å². The zero-order valence-corrected chi connectivity index (χ0v) is 41.3. The molecule has 6 nitrogen and oxygen atoms in total. The minimum absolute atomic E-state index is 0.0587. The number of rotatable bonds is 48. The van der Waals surface area contributed by atoms with Gasteiger partial charge in [0.05, 0.1) is 25.2 Å². The van der Waals surface area contributed by atoms with Gasteiger partial charge in [-0.05, 0) is 64.2 Å². The normalized spacial score (nSPS) is 13.6. The van der Waals surface area contributed by atoms with E-state index in [-0.39, 0.29) is 24.9 Å². The summed E-state index contributed by atoms with van der Waals surface area (Å²) in [5, 5.41) is 23.8. The molecule has 62 heavy (non-hydrogen) atoms. The fraction of sp³-hybridized carbons (Fsp3) is 0.821. The van der Waals surface area contributed by atoms with E-state index < -0.39 is 18.2 Å². The zero-order valence-electron chi connectivity index (χ0n) is 41.3. The summed E-state index contributed by atoms with van der Waals surface area (Å²) < 4.78 is 5.92. The lowest BCUT2D eigenvalue weighted by Crippen LogP contribution is -2.46. The smallest absolute Gasteiger partial charge is 0.306 e. The Hall–Kier alpha value is -2.18. The molecular formula is C56H103NO5. The second-order valence-corrected chi connectivity index (χ2v) is 18.3. The Morgan fingerprint density at radius 1 is 0.468 bits per heavy atom. The van der Waals surface area contributed by atoms with Crippen LogP contribution in [0.5, 0.6) is 0 Å². The fourth-order valence-corrected chi connectivity index (χ4v) is 8.07. The number of carbonyl (C=O) groups is 2. The Morgan fingerprint density at radius 2 is 0.823 bits per heavy atom. The first-order valence-electron chi connectivity index (χ1n) is 26.9. The van der Waals surface area contributed by atoms with E-state index in [4.69, 9.17) is 4.74 Å². The Kier molecular flexibility index (Phi) is 48.1. The van der Waals surface area contributed by atoms with Crippen LogP contribution in [0.2, 0.25) is 0 Å². The van der Waals surface area contributed by atoms with Crippen molar-refractivity contribution in [3.63, 3.8) is 0 Å². The van der Waals surface area contributed by atoms with Gasteiger partial charge in [-0.25, -0.2) is 0 Å². The lowest BCUT2D eigenvalue weighted by Gasteiger charge is -2.24. The highest BCUT2D eigenvalue weighted by atomic mass is 16.5. The summed E-state index contributed by atoms with van der Waals surface area (Å²) in [5.41, 5.74) is 0. The number of amides is 1. The fourth-order valence-electron chi connectivity index (χ4n) is 8.07. The van der Waals surface area contributed by atoms with Crippen molar-refractivity contribution in [2.75, 3.05) is 6.61 Å². The maximum absolute atomic E-state index is 13.2. The molecule has 362 valence electrons. The third-order valence-electron chi connectivity index (χ3n) is 12.2. The molecule has 0 bridgehead atoms. The quantitative estimate of drug-likeness (QED) is 0.0322. The van der Waals surface area contributed by atoms with Crippen molar-refractivity contribution in [2.24, 2.45) is 0 Å². The van der Waals surface area contributed by atoms with Gasteiger partial charge in [-0.1, -0.05) is 243 Å². The molecule has 6 heteroatoms. The topological polar surface area (TPSA) is 95.9 Å². The van der Waals surface area contributed by atoms with Gasteiger partial charge < -0.3 is 20.3 Å². The molecule has 0 aromatic rings. The lowest BCUT2D eigenvalue weighted by atomic mass is 10.0. The first kappa shape index (κ1) is 59.8. The molecule has 1 amide bonds. The van der Waals surface area contributed by atoms with E-state index >= 15 is 0 Å². The van der Waals surface area contributed by atoms with E-state index in [0.717, 1.165) is 64.2 Å². The van der Waals surface area contributed by atoms with Crippen molar-refractivity contribution < 1.29 is 24.5 Å². The van der Waals surface area contributed by atoms with E-state index in [9.17, 15) is 19.8 Å². The molecule has 3 N–H and O–H groups in total. The van der Waals surface area contributed by atoms with Crippen LogP contribution >= 0.6 is 0 Å². The minimum atomic E-state index is -0.795. The van der Waals surface area contributed by atoms with E-state index in [0.29, 0.717) is 25.7 Å². The Labute approximate surface area is 385 Å². The second kappa shape index (κ2) is 49.8. The molecule has 0 aliphatic rings. The molecule has 0 spiro atoms. The van der Waals surface area contributed by atoms with Crippen LogP contribution in [-0.4, -0.2) is 46.9 Å². The molecule has 0 aromatic carbocycles. The number of unbranched alkanes of at least 4 members (excludes halogenated alkanes) is 28. The van der Waals surface area contributed by atoms with Crippen molar-refractivity contribution in [2.45, 2.75) is 289 Å². The molecule has 0 saturated heterocycles. The van der Waals surface area contributed by atoms with Gasteiger partial charge >= 0.3 is 5.97 Å². The highest BCUT2D eigenvalue weighted by Crippen LogP contribution is 2.18. The molecule has 0 heterocycles. The van der Waals surface area contributed by atoms with Crippen molar-refractivity contribution in [3.05, 3.63) is 48.6 Å². The number of carbonyl (C=O) groups excluding carboxylic acids is 2. The average Bonchev–Trinajstić information content (AvgIpc) is 3.26. The molecule has 0 aliphatic carbocycles. The van der Waals surface area contributed by atoms with Crippen LogP contribution < -0.4 is 5.32 Å². The summed E-state index contributed by atoms with van der Waals surface area (Å²) in [6.07, 6.45) is 60.3. The van der Waals surface area contributed by atoms with Crippen LogP contribution in [0.3, 0.4) is 0 Å². The van der Waals surface area contributed by atoms with Crippen molar-refractivity contribution in [1.29, 1.82) is 0 Å². The largest absolute Gasteiger partial charge is 0.462 e. The first-order chi connectivity index (χ1) is 30.5. The Bertz CT molecular complexity index is 1070. The SMILES string of the molecule is CCCCC/C=C\C/C=C\C/C=C\C/C=C\CCCC(=O)OC(CCCCCCCCCCCCCCC)CC(=O)NC(CO)C(O)CCCCCCCCCCCCCCC. The van der Waals surface area contributed by atoms with Gasteiger partial charge in [-0.2, -0.15) is 0 Å². The minimum Gasteiger partial charge on any atom is -0.462 e. The van der Waals surface area contributed by atoms with Crippen LogP contribution in [0.4, 0.5) is 0 Å². The predicted molar refractivity (Wildman–Crippen MR) is 269 cm³/mol. The monoisotopic (exact) mass is 870 g/mol.